The zero-order valence-electron chi connectivity index (χ0n) is 14.5. The van der Waals surface area contributed by atoms with Crippen molar-refractivity contribution in [2.45, 2.75) is 45.8 Å². The first-order valence-electron chi connectivity index (χ1n) is 7.76. The Morgan fingerprint density at radius 3 is 2.09 bits per heavy atom. The molecule has 0 aromatic heterocycles. The van der Waals surface area contributed by atoms with E-state index in [-0.39, 0.29) is 17.1 Å². The number of benzene rings is 1. The summed E-state index contributed by atoms with van der Waals surface area (Å²) in [5, 5.41) is 0. The van der Waals surface area contributed by atoms with Crippen LogP contribution in [0.15, 0.2) is 49.2 Å². The van der Waals surface area contributed by atoms with Crippen LogP contribution in [0.2, 0.25) is 0 Å². The largest absolute Gasteiger partial charge is 0.494 e. The Morgan fingerprint density at radius 1 is 1.13 bits per heavy atom. The van der Waals surface area contributed by atoms with Crippen LogP contribution < -0.4 is 10.4 Å². The Morgan fingerprint density at radius 2 is 1.65 bits per heavy atom. The quantitative estimate of drug-likeness (QED) is 0.633. The van der Waals surface area contributed by atoms with E-state index in [1.54, 1.807) is 13.0 Å². The first-order chi connectivity index (χ1) is 10.7. The van der Waals surface area contributed by atoms with Crippen LogP contribution in [-0.4, -0.2) is 24.2 Å². The van der Waals surface area contributed by atoms with Crippen molar-refractivity contribution in [1.82, 2.24) is 0 Å². The Balaban J connectivity index is 2.20. The first kappa shape index (κ1) is 17.5. The van der Waals surface area contributed by atoms with Crippen molar-refractivity contribution in [2.24, 2.45) is 0 Å². The van der Waals surface area contributed by atoms with E-state index < -0.39 is 7.12 Å². The number of carbonyl (C=O) groups excluding carboxylic acids is 1. The van der Waals surface area contributed by atoms with Gasteiger partial charge in [0.1, 0.15) is 0 Å². The number of carbonyl (C=O) groups is 1. The van der Waals surface area contributed by atoms with Crippen molar-refractivity contribution in [2.75, 3.05) is 4.90 Å². The first-order valence-corrected chi connectivity index (χ1v) is 7.76. The number of allylic oxidation sites excluding steroid dienone is 1. The molecule has 2 rings (SSSR count). The summed E-state index contributed by atoms with van der Waals surface area (Å²) in [6, 6.07) is 7.56. The third kappa shape index (κ3) is 3.41. The van der Waals surface area contributed by atoms with Gasteiger partial charge in [-0.15, -0.1) is 0 Å². The van der Waals surface area contributed by atoms with Crippen molar-refractivity contribution in [3.8, 4) is 0 Å². The van der Waals surface area contributed by atoms with Crippen LogP contribution in [0.4, 0.5) is 5.69 Å². The fourth-order valence-electron chi connectivity index (χ4n) is 2.32. The maximum atomic E-state index is 12.0. The molecule has 5 heteroatoms. The molecule has 122 valence electrons. The predicted octanol–water partition coefficient (Wildman–Crippen LogP) is 3.04. The molecule has 1 fully saturated rings. The lowest BCUT2D eigenvalue weighted by atomic mass is 9.79. The van der Waals surface area contributed by atoms with Crippen LogP contribution in [0, 0.1) is 0 Å². The van der Waals surface area contributed by atoms with Gasteiger partial charge in [0.15, 0.2) is 0 Å². The summed E-state index contributed by atoms with van der Waals surface area (Å²) in [4.78, 5) is 13.5. The van der Waals surface area contributed by atoms with Crippen LogP contribution in [0.3, 0.4) is 0 Å². The molecule has 1 heterocycles. The van der Waals surface area contributed by atoms with Crippen molar-refractivity contribution >= 4 is 24.2 Å². The van der Waals surface area contributed by atoms with E-state index in [1.807, 2.05) is 52.0 Å². The molecule has 1 aromatic carbocycles. The summed E-state index contributed by atoms with van der Waals surface area (Å²) < 4.78 is 12.1. The summed E-state index contributed by atoms with van der Waals surface area (Å²) in [5.41, 5.74) is 0.940. The van der Waals surface area contributed by atoms with Crippen LogP contribution in [-0.2, 0) is 14.1 Å². The monoisotopic (exact) mass is 313 g/mol. The predicted molar refractivity (Wildman–Crippen MR) is 94.7 cm³/mol. The lowest BCUT2D eigenvalue weighted by Crippen LogP contribution is -2.41. The van der Waals surface area contributed by atoms with Gasteiger partial charge in [0, 0.05) is 11.9 Å². The number of hydrogen-bond donors (Lipinski definition) is 0. The van der Waals surface area contributed by atoms with Gasteiger partial charge in [-0.1, -0.05) is 24.8 Å². The van der Waals surface area contributed by atoms with Crippen molar-refractivity contribution in [3.63, 3.8) is 0 Å². The maximum Gasteiger partial charge on any atom is 0.494 e. The summed E-state index contributed by atoms with van der Waals surface area (Å²) in [7, 11) is -0.405. The number of rotatable bonds is 4. The summed E-state index contributed by atoms with van der Waals surface area (Å²) >= 11 is 0. The minimum absolute atomic E-state index is 0.133. The Labute approximate surface area is 138 Å². The van der Waals surface area contributed by atoms with Gasteiger partial charge < -0.3 is 9.31 Å². The molecule has 0 aliphatic carbocycles. The number of amides is 1. The van der Waals surface area contributed by atoms with Gasteiger partial charge in [-0.3, -0.25) is 9.69 Å². The molecule has 0 atom stereocenters. The van der Waals surface area contributed by atoms with Gasteiger partial charge in [-0.25, -0.2) is 0 Å². The van der Waals surface area contributed by atoms with E-state index in [9.17, 15) is 4.79 Å². The minimum atomic E-state index is -0.405. The van der Waals surface area contributed by atoms with Gasteiger partial charge in [0.2, 0.25) is 0 Å². The Kier molecular flexibility index (Phi) is 4.83. The van der Waals surface area contributed by atoms with Gasteiger partial charge in [0.25, 0.3) is 5.91 Å². The molecule has 1 aliphatic heterocycles. The second-order valence-corrected chi connectivity index (χ2v) is 6.57. The Bertz CT molecular complexity index is 604. The van der Waals surface area contributed by atoms with E-state index in [4.69, 9.17) is 9.31 Å². The van der Waals surface area contributed by atoms with Gasteiger partial charge >= 0.3 is 7.12 Å². The van der Waals surface area contributed by atoms with Crippen LogP contribution in [0.5, 0.6) is 0 Å². The molecule has 23 heavy (non-hydrogen) atoms. The van der Waals surface area contributed by atoms with E-state index >= 15 is 0 Å². The topological polar surface area (TPSA) is 38.8 Å². The second kappa shape index (κ2) is 6.34. The molecule has 4 nitrogen and oxygen atoms in total. The SMILES string of the molecule is C=CN(C(=O)/C=C\C)c1ccc(B2OC(C)(C)C(C)(C)O2)cc1. The average Bonchev–Trinajstić information content (AvgIpc) is 2.69. The molecule has 0 saturated carbocycles. The molecule has 0 radical (unpaired) electrons. The highest BCUT2D eigenvalue weighted by Crippen LogP contribution is 2.36. The summed E-state index contributed by atoms with van der Waals surface area (Å²) in [5.74, 6) is -0.133. The maximum absolute atomic E-state index is 12.0. The fraction of sp³-hybridized carbons (Fsp3) is 0.389. The third-order valence-corrected chi connectivity index (χ3v) is 4.43. The fourth-order valence-corrected chi connectivity index (χ4v) is 2.32. The standard InChI is InChI=1S/C18H24BNO3/c1-7-9-16(21)20(8-2)15-12-10-14(11-13-15)19-22-17(3,4)18(5,6)23-19/h7-13H,2H2,1,3-6H3/b9-7-. The molecule has 1 saturated heterocycles. The van der Waals surface area contributed by atoms with E-state index in [1.165, 1.54) is 17.2 Å². The minimum Gasteiger partial charge on any atom is -0.399 e. The highest BCUT2D eigenvalue weighted by Gasteiger charge is 2.51. The van der Waals surface area contributed by atoms with E-state index in [0.29, 0.717) is 0 Å². The van der Waals surface area contributed by atoms with Crippen LogP contribution in [0.25, 0.3) is 0 Å². The van der Waals surface area contributed by atoms with Crippen molar-refractivity contribution < 1.29 is 14.1 Å². The molecule has 0 unspecified atom stereocenters. The molecule has 1 amide bonds. The molecule has 1 aromatic rings. The average molecular weight is 313 g/mol. The molecular formula is C18H24BNO3. The molecule has 1 aliphatic rings. The molecule has 0 bridgehead atoms. The Hall–Kier alpha value is -1.85. The van der Waals surface area contributed by atoms with E-state index in [2.05, 4.69) is 6.58 Å². The summed E-state index contributed by atoms with van der Waals surface area (Å²) in [6.45, 7) is 13.6. The van der Waals surface area contributed by atoms with E-state index in [0.717, 1.165) is 11.2 Å². The van der Waals surface area contributed by atoms with Crippen LogP contribution in [0.1, 0.15) is 34.6 Å². The molecule has 0 spiro atoms. The second-order valence-electron chi connectivity index (χ2n) is 6.57. The van der Waals surface area contributed by atoms with Gasteiger partial charge in [-0.2, -0.15) is 0 Å². The highest BCUT2D eigenvalue weighted by atomic mass is 16.7. The number of hydrogen-bond acceptors (Lipinski definition) is 3. The molecule has 0 N–H and O–H groups in total. The van der Waals surface area contributed by atoms with Crippen LogP contribution >= 0.6 is 0 Å². The number of anilines is 1. The highest BCUT2D eigenvalue weighted by molar-refractivity contribution is 6.62. The van der Waals surface area contributed by atoms with Crippen molar-refractivity contribution in [3.05, 3.63) is 49.2 Å². The zero-order valence-corrected chi connectivity index (χ0v) is 14.5. The zero-order chi connectivity index (χ0) is 17.3. The normalized spacial score (nSPS) is 19.1. The summed E-state index contributed by atoms with van der Waals surface area (Å²) in [6.07, 6.45) is 4.72. The van der Waals surface area contributed by atoms with Gasteiger partial charge in [0.05, 0.1) is 11.2 Å². The third-order valence-electron chi connectivity index (χ3n) is 4.43. The van der Waals surface area contributed by atoms with Crippen molar-refractivity contribution in [1.29, 1.82) is 0 Å². The lowest BCUT2D eigenvalue weighted by molar-refractivity contribution is -0.113. The number of nitrogens with zero attached hydrogens (tertiary/aromatic N) is 1. The lowest BCUT2D eigenvalue weighted by Gasteiger charge is -2.32. The van der Waals surface area contributed by atoms with Gasteiger partial charge in [-0.05, 0) is 58.3 Å². The smallest absolute Gasteiger partial charge is 0.399 e. The molecular weight excluding hydrogens is 289 g/mol.